The monoisotopic (exact) mass is 911 g/mol. The zero-order valence-corrected chi connectivity index (χ0v) is 34.6. The van der Waals surface area contributed by atoms with Crippen molar-refractivity contribution in [3.63, 3.8) is 0 Å². The first kappa shape index (κ1) is 49.0. The van der Waals surface area contributed by atoms with Crippen molar-refractivity contribution < 1.29 is 96.0 Å². The van der Waals surface area contributed by atoms with Gasteiger partial charge in [-0.25, -0.2) is 0 Å². The molecule has 3 aromatic heterocycles. The summed E-state index contributed by atoms with van der Waals surface area (Å²) in [6.45, 7) is 2.84. The Morgan fingerprint density at radius 2 is 0.825 bits per heavy atom. The third-order valence-corrected chi connectivity index (χ3v) is 11.6. The number of rotatable bonds is 20. The zero-order valence-electron chi connectivity index (χ0n) is 33.6. The average molecular weight is 912 g/mol. The van der Waals surface area contributed by atoms with Crippen LogP contribution < -0.4 is 50.8 Å². The maximum absolute atomic E-state index is 12.4. The molecule has 0 aliphatic carbocycles. The summed E-state index contributed by atoms with van der Waals surface area (Å²) in [7, 11) is 0. The predicted octanol–water partition coefficient (Wildman–Crippen LogP) is -7.06. The van der Waals surface area contributed by atoms with Crippen molar-refractivity contribution in [2.75, 3.05) is 0 Å². The van der Waals surface area contributed by atoms with E-state index in [1.165, 1.54) is 38.1 Å². The van der Waals surface area contributed by atoms with Crippen molar-refractivity contribution in [3.8, 4) is 0 Å². The molecule has 0 amide bonds. The number of carboxylic acid groups (broad SMARTS) is 8. The largest absolute Gasteiger partial charge is 2.00 e. The second-order valence-electron chi connectivity index (χ2n) is 15.8. The van der Waals surface area contributed by atoms with E-state index in [0.717, 1.165) is 0 Å². The Labute approximate surface area is 367 Å². The van der Waals surface area contributed by atoms with Crippen molar-refractivity contribution in [1.82, 2.24) is 19.9 Å². The summed E-state index contributed by atoms with van der Waals surface area (Å²) in [6, 6.07) is 4.97. The Hall–Kier alpha value is -6.61. The van der Waals surface area contributed by atoms with Crippen LogP contribution in [0.4, 0.5) is 0 Å². The minimum absolute atomic E-state index is 0. The first-order chi connectivity index (χ1) is 29.0. The summed E-state index contributed by atoms with van der Waals surface area (Å²) in [6.07, 6.45) is -7.46. The van der Waals surface area contributed by atoms with Gasteiger partial charge in [-0.3, -0.25) is 9.97 Å². The summed E-state index contributed by atoms with van der Waals surface area (Å²) in [5, 5.41) is 96.4. The molecule has 2 aliphatic heterocycles. The molecule has 0 spiro atoms. The van der Waals surface area contributed by atoms with Gasteiger partial charge < -0.3 is 89.2 Å². The molecule has 8 bridgehead atoms. The molecule has 0 N–H and O–H groups in total. The number of aromatic nitrogens is 4. The second kappa shape index (κ2) is 19.6. The molecule has 0 aromatic carbocycles. The van der Waals surface area contributed by atoms with E-state index < -0.39 is 135 Å². The van der Waals surface area contributed by atoms with Crippen LogP contribution in [0.2, 0.25) is 0 Å². The molecule has 0 saturated carbocycles. The molecule has 1 radical (unpaired) electrons. The second-order valence-corrected chi connectivity index (χ2v) is 15.8. The van der Waals surface area contributed by atoms with Crippen LogP contribution in [-0.4, -0.2) is 57.7 Å². The molecule has 0 fully saturated rings. The van der Waals surface area contributed by atoms with Gasteiger partial charge in [0.25, 0.3) is 0 Å². The normalized spacial score (nSPS) is 19.1. The molecule has 4 atom stereocenters. The average Bonchev–Trinajstić information content (AvgIpc) is 3.77. The molecule has 3 aromatic rings. The molecule has 21 heteroatoms. The van der Waals surface area contributed by atoms with E-state index in [0.29, 0.717) is 0 Å². The smallest absolute Gasteiger partial charge is 0.657 e. The Bertz CT molecular complexity index is 2550. The summed E-state index contributed by atoms with van der Waals surface area (Å²) in [5.41, 5.74) is -4.43. The van der Waals surface area contributed by atoms with Gasteiger partial charge in [-0.05, 0) is 70.3 Å². The molecule has 2 aliphatic rings. The Balaban J connectivity index is 0.00000871. The van der Waals surface area contributed by atoms with E-state index >= 15 is 0 Å². The standard InChI is InChI=1S/C42H46N4O16.Co/c1-41(17-39(59)60)23(5-9-35(51)52)29-14-27-21(11-37(55)56)19(3-7-33(47)48)25(43-27)13-26-20(4-8-34(49)50)22(12-38(57)58)28(44-26)15-31-42(2,18-40(61)62)24(6-10-36(53)54)30(46-31)16-32(41)45-29;/h13-16,23-24H,3-12,17-18H2,1-2H3,(H10,43,44,45,46,47,48,49,50,51,52,53,54,55,56,57,58,59,60,61,62);/q;+2/p-10/t23-,24-,41+,42+;/m1./s1. The van der Waals surface area contributed by atoms with Crippen molar-refractivity contribution >= 4 is 69.8 Å². The van der Waals surface area contributed by atoms with E-state index in [1.807, 2.05) is 0 Å². The first-order valence-corrected chi connectivity index (χ1v) is 19.3. The number of carbonyl (C=O) groups is 8. The molecule has 63 heavy (non-hydrogen) atoms. The van der Waals surface area contributed by atoms with Crippen LogP contribution in [0.5, 0.6) is 0 Å². The minimum Gasteiger partial charge on any atom is -0.657 e. The molecular weight excluding hydrogens is 875 g/mol. The van der Waals surface area contributed by atoms with Crippen LogP contribution in [0.15, 0.2) is 24.3 Å². The summed E-state index contributed by atoms with van der Waals surface area (Å²) in [4.78, 5) is 115. The van der Waals surface area contributed by atoms with Gasteiger partial charge >= 0.3 is 16.8 Å². The van der Waals surface area contributed by atoms with Crippen LogP contribution in [0.1, 0.15) is 122 Å². The van der Waals surface area contributed by atoms with Gasteiger partial charge in [0.05, 0.1) is 0 Å². The van der Waals surface area contributed by atoms with Gasteiger partial charge in [-0.2, -0.15) is 0 Å². The fourth-order valence-corrected chi connectivity index (χ4v) is 8.70. The van der Waals surface area contributed by atoms with Gasteiger partial charge in [-0.15, -0.1) is 22.1 Å². The van der Waals surface area contributed by atoms with E-state index in [-0.39, 0.29) is 96.7 Å². The Morgan fingerprint density at radius 3 is 1.19 bits per heavy atom. The number of nitrogens with zero attached hydrogens (tertiary/aromatic N) is 4. The van der Waals surface area contributed by atoms with Crippen molar-refractivity contribution in [2.24, 2.45) is 0 Å². The Kier molecular flexibility index (Phi) is 15.3. The number of carboxylic acids is 8. The maximum Gasteiger partial charge on any atom is 2.00 e. The van der Waals surface area contributed by atoms with Crippen LogP contribution >= 0.6 is 0 Å². The molecular formula is C42H36CoN4O16-8. The number of fused-ring (bicyclic) bond motifs is 8. The molecule has 0 unspecified atom stereocenters. The van der Waals surface area contributed by atoms with Gasteiger partial charge in [0.1, 0.15) is 0 Å². The third-order valence-electron chi connectivity index (χ3n) is 11.6. The molecule has 20 nitrogen and oxygen atoms in total. The van der Waals surface area contributed by atoms with Crippen LogP contribution in [-0.2, 0) is 91.6 Å². The molecule has 337 valence electrons. The predicted molar refractivity (Wildman–Crippen MR) is 191 cm³/mol. The number of aryl methyl sites for hydroxylation is 2. The van der Waals surface area contributed by atoms with Gasteiger partial charge in [-0.1, -0.05) is 54.3 Å². The van der Waals surface area contributed by atoms with Gasteiger partial charge in [0, 0.05) is 106 Å². The zero-order chi connectivity index (χ0) is 45.8. The summed E-state index contributed by atoms with van der Waals surface area (Å²) in [5.74, 6) is -14.9. The third kappa shape index (κ3) is 11.1. The fourth-order valence-electron chi connectivity index (χ4n) is 8.70. The van der Waals surface area contributed by atoms with E-state index in [9.17, 15) is 79.2 Å². The van der Waals surface area contributed by atoms with E-state index in [2.05, 4.69) is 9.97 Å². The maximum atomic E-state index is 12.4. The number of hydrogen-bond donors (Lipinski definition) is 0. The van der Waals surface area contributed by atoms with Crippen molar-refractivity contribution in [1.29, 1.82) is 0 Å². The number of hydrogen-bond acceptors (Lipinski definition) is 18. The first-order valence-electron chi connectivity index (χ1n) is 19.3. The fraction of sp³-hybridized carbons (Fsp3) is 0.429. The SMILES string of the molecule is C[C@@]1(CC(=O)[O-])c2cc3nc(cc4[n-]c(cc5[n-]c(cc(n2)[C@H]1CCC(=O)[O-])c(CC(=O)[O-])c5CCC(=O)[O-])c(CCC(=O)[O-])c4CC(=O)[O-])[C@@](C)(CC(=O)[O-])[C@@H]3CCC(=O)[O-].[Co+2]. The van der Waals surface area contributed by atoms with Gasteiger partial charge in [0.2, 0.25) is 0 Å². The van der Waals surface area contributed by atoms with Crippen LogP contribution in [0.3, 0.4) is 0 Å². The summed E-state index contributed by atoms with van der Waals surface area (Å²) >= 11 is 0. The van der Waals surface area contributed by atoms with Crippen molar-refractivity contribution in [3.05, 3.63) is 69.3 Å². The van der Waals surface area contributed by atoms with Crippen LogP contribution in [0.25, 0.3) is 22.1 Å². The van der Waals surface area contributed by atoms with E-state index in [1.54, 1.807) is 0 Å². The summed E-state index contributed by atoms with van der Waals surface area (Å²) < 4.78 is 0. The van der Waals surface area contributed by atoms with E-state index in [4.69, 9.17) is 9.97 Å². The van der Waals surface area contributed by atoms with Crippen LogP contribution in [0, 0.1) is 0 Å². The van der Waals surface area contributed by atoms with Gasteiger partial charge in [0.15, 0.2) is 0 Å². The molecule has 5 rings (SSSR count). The molecule has 5 heterocycles. The number of aliphatic carboxylic acids is 8. The molecule has 0 saturated heterocycles. The quantitative estimate of drug-likeness (QED) is 0.102. The van der Waals surface area contributed by atoms with Crippen molar-refractivity contribution in [2.45, 2.75) is 114 Å². The topological polar surface area (TPSA) is 375 Å². The minimum atomic E-state index is -1.67. The Morgan fingerprint density at radius 1 is 0.476 bits per heavy atom. The number of carbonyl (C=O) groups excluding carboxylic acids is 8.